The van der Waals surface area contributed by atoms with E-state index in [0.717, 1.165) is 36.5 Å². The molecule has 7 heteroatoms. The van der Waals surface area contributed by atoms with Crippen molar-refractivity contribution in [1.29, 1.82) is 0 Å². The van der Waals surface area contributed by atoms with Crippen LogP contribution in [0.1, 0.15) is 43.2 Å². The lowest BCUT2D eigenvalue weighted by Gasteiger charge is -2.37. The van der Waals surface area contributed by atoms with Crippen LogP contribution in [0.25, 0.3) is 5.76 Å². The molecule has 180 valence electrons. The van der Waals surface area contributed by atoms with Gasteiger partial charge < -0.3 is 19.5 Å². The van der Waals surface area contributed by atoms with Gasteiger partial charge in [-0.05, 0) is 50.6 Å². The van der Waals surface area contributed by atoms with E-state index in [2.05, 4.69) is 27.6 Å². The second kappa shape index (κ2) is 11.2. The van der Waals surface area contributed by atoms with Crippen LogP contribution in [0.3, 0.4) is 0 Å². The molecule has 2 atom stereocenters. The molecule has 0 spiro atoms. The van der Waals surface area contributed by atoms with Crippen molar-refractivity contribution >= 4 is 17.6 Å². The second-order valence-corrected chi connectivity index (χ2v) is 8.87. The van der Waals surface area contributed by atoms with Crippen LogP contribution in [0.2, 0.25) is 0 Å². The molecule has 4 rings (SSSR count). The zero-order valence-corrected chi connectivity index (χ0v) is 19.9. The Bertz CT molecular complexity index is 1040. The van der Waals surface area contributed by atoms with Gasteiger partial charge in [-0.25, -0.2) is 10.2 Å². The quantitative estimate of drug-likeness (QED) is 0.448. The maximum atomic E-state index is 11.7. The molecule has 2 unspecified atom stereocenters. The van der Waals surface area contributed by atoms with E-state index in [1.807, 2.05) is 49.4 Å². The number of rotatable bonds is 7. The van der Waals surface area contributed by atoms with Crippen LogP contribution >= 0.6 is 0 Å². The van der Waals surface area contributed by atoms with Gasteiger partial charge in [0.25, 0.3) is 0 Å². The highest BCUT2D eigenvalue weighted by atomic mass is 16.5. The highest BCUT2D eigenvalue weighted by molar-refractivity contribution is 5.87. The zero-order valence-electron chi connectivity index (χ0n) is 19.9. The molecule has 2 aromatic carbocycles. The number of methoxy groups -OCH3 is 1. The number of likely N-dealkylation sites (tertiary alicyclic amines) is 1. The molecule has 2 aromatic rings. The Morgan fingerprint density at radius 3 is 2.56 bits per heavy atom. The van der Waals surface area contributed by atoms with Crippen molar-refractivity contribution in [1.82, 2.24) is 10.3 Å². The Morgan fingerprint density at radius 2 is 1.82 bits per heavy atom. The number of nitrogens with zero attached hydrogens (tertiary/aromatic N) is 2. The van der Waals surface area contributed by atoms with E-state index in [9.17, 15) is 9.90 Å². The molecule has 2 aliphatic rings. The molecular formula is C27H33N3O4. The fourth-order valence-electron chi connectivity index (χ4n) is 4.92. The minimum absolute atomic E-state index is 0.0938. The zero-order chi connectivity index (χ0) is 23.9. The van der Waals surface area contributed by atoms with Gasteiger partial charge in [-0.15, -0.1) is 0 Å². The highest BCUT2D eigenvalue weighted by Gasteiger charge is 2.35. The smallest absolute Gasteiger partial charge is 0.427 e. The number of hydrogen-bond acceptors (Lipinski definition) is 6. The monoisotopic (exact) mass is 463 g/mol. The van der Waals surface area contributed by atoms with E-state index < -0.39 is 6.09 Å². The first-order chi connectivity index (χ1) is 16.6. The van der Waals surface area contributed by atoms with Gasteiger partial charge in [-0.1, -0.05) is 48.9 Å². The Morgan fingerprint density at radius 1 is 1.12 bits per heavy atom. The van der Waals surface area contributed by atoms with Gasteiger partial charge in [0.05, 0.1) is 12.7 Å². The maximum absolute atomic E-state index is 11.7. The molecule has 1 fully saturated rings. The highest BCUT2D eigenvalue weighted by Crippen LogP contribution is 2.42. The molecule has 1 saturated heterocycles. The molecule has 2 aliphatic heterocycles. The molecule has 0 aliphatic carbocycles. The number of aliphatic hydroxyl groups is 1. The second-order valence-electron chi connectivity index (χ2n) is 8.87. The predicted octanol–water partition coefficient (Wildman–Crippen LogP) is 4.97. The summed E-state index contributed by atoms with van der Waals surface area (Å²) in [5, 5.41) is 15.8. The van der Waals surface area contributed by atoms with Crippen LogP contribution in [0.4, 0.5) is 4.79 Å². The van der Waals surface area contributed by atoms with Crippen molar-refractivity contribution in [2.45, 2.75) is 32.1 Å². The summed E-state index contributed by atoms with van der Waals surface area (Å²) in [6.07, 6.45) is 2.98. The Kier molecular flexibility index (Phi) is 7.85. The number of amides is 1. The van der Waals surface area contributed by atoms with Crippen LogP contribution in [0.5, 0.6) is 5.75 Å². The number of nitrogens with one attached hydrogen (secondary N) is 1. The third-order valence-electron chi connectivity index (χ3n) is 6.72. The molecule has 34 heavy (non-hydrogen) atoms. The fraction of sp³-hybridized carbons (Fsp3) is 0.407. The van der Waals surface area contributed by atoms with Gasteiger partial charge in [0.2, 0.25) is 0 Å². The van der Waals surface area contributed by atoms with E-state index in [4.69, 9.17) is 9.47 Å². The van der Waals surface area contributed by atoms with E-state index in [1.54, 1.807) is 0 Å². The van der Waals surface area contributed by atoms with Gasteiger partial charge in [0.15, 0.2) is 0 Å². The summed E-state index contributed by atoms with van der Waals surface area (Å²) < 4.78 is 10.8. The average molecular weight is 464 g/mol. The third-order valence-corrected chi connectivity index (χ3v) is 6.72. The SMILES string of the molecule is COC(=O)NN=C(C)C(CN1CCCCC1)C(C1=C(O)c2ccccc2OC1)c1ccccc1. The number of carbonyl (C=O) groups excluding carboxylic acids is 1. The third kappa shape index (κ3) is 5.42. The number of hydrazone groups is 1. The van der Waals surface area contributed by atoms with Crippen molar-refractivity contribution in [3.63, 3.8) is 0 Å². The van der Waals surface area contributed by atoms with Crippen LogP contribution in [0.15, 0.2) is 65.3 Å². The largest absolute Gasteiger partial charge is 0.507 e. The number of para-hydroxylation sites is 1. The number of carbonyl (C=O) groups is 1. The number of piperidine rings is 1. The number of aliphatic hydroxyl groups excluding tert-OH is 1. The van der Waals surface area contributed by atoms with Gasteiger partial charge in [0, 0.05) is 29.7 Å². The fourth-order valence-corrected chi connectivity index (χ4v) is 4.92. The first-order valence-electron chi connectivity index (χ1n) is 11.9. The van der Waals surface area contributed by atoms with Crippen molar-refractivity contribution < 1.29 is 19.4 Å². The lowest BCUT2D eigenvalue weighted by atomic mass is 9.76. The molecular weight excluding hydrogens is 430 g/mol. The first-order valence-corrected chi connectivity index (χ1v) is 11.9. The summed E-state index contributed by atoms with van der Waals surface area (Å²) in [6.45, 7) is 5.03. The minimum Gasteiger partial charge on any atom is -0.507 e. The number of ether oxygens (including phenoxy) is 2. The number of fused-ring (bicyclic) bond motifs is 1. The first kappa shape index (κ1) is 23.8. The summed E-state index contributed by atoms with van der Waals surface area (Å²) >= 11 is 0. The predicted molar refractivity (Wildman–Crippen MR) is 133 cm³/mol. The lowest BCUT2D eigenvalue weighted by Crippen LogP contribution is -2.40. The van der Waals surface area contributed by atoms with Gasteiger partial charge in [-0.3, -0.25) is 0 Å². The van der Waals surface area contributed by atoms with Crippen molar-refractivity contribution in [2.24, 2.45) is 11.0 Å². The Labute approximate surface area is 201 Å². The molecule has 7 nitrogen and oxygen atoms in total. The molecule has 0 aromatic heterocycles. The number of hydrogen-bond donors (Lipinski definition) is 2. The van der Waals surface area contributed by atoms with Crippen LogP contribution in [-0.4, -0.2) is 55.2 Å². The van der Waals surface area contributed by atoms with E-state index in [0.29, 0.717) is 11.3 Å². The Hall–Kier alpha value is -3.32. The molecule has 1 amide bonds. The van der Waals surface area contributed by atoms with Crippen molar-refractivity contribution in [2.75, 3.05) is 33.4 Å². The number of benzene rings is 2. The van der Waals surface area contributed by atoms with E-state index in [1.165, 1.54) is 26.4 Å². The van der Waals surface area contributed by atoms with E-state index >= 15 is 0 Å². The topological polar surface area (TPSA) is 83.4 Å². The van der Waals surface area contributed by atoms with Crippen molar-refractivity contribution in [3.8, 4) is 5.75 Å². The van der Waals surface area contributed by atoms with Gasteiger partial charge in [-0.2, -0.15) is 5.10 Å². The van der Waals surface area contributed by atoms with Gasteiger partial charge in [0.1, 0.15) is 18.1 Å². The summed E-state index contributed by atoms with van der Waals surface area (Å²) in [5.41, 5.74) is 5.84. The molecule has 0 radical (unpaired) electrons. The molecule has 2 N–H and O–H groups in total. The minimum atomic E-state index is -0.607. The van der Waals surface area contributed by atoms with Crippen LogP contribution < -0.4 is 10.2 Å². The maximum Gasteiger partial charge on any atom is 0.427 e. The lowest BCUT2D eigenvalue weighted by molar-refractivity contribution is 0.171. The van der Waals surface area contributed by atoms with Crippen LogP contribution in [0, 0.1) is 5.92 Å². The van der Waals surface area contributed by atoms with E-state index in [-0.39, 0.29) is 24.2 Å². The summed E-state index contributed by atoms with van der Waals surface area (Å²) in [5.74, 6) is 0.664. The van der Waals surface area contributed by atoms with Gasteiger partial charge >= 0.3 is 6.09 Å². The summed E-state index contributed by atoms with van der Waals surface area (Å²) in [7, 11) is 1.32. The Balaban J connectivity index is 1.79. The summed E-state index contributed by atoms with van der Waals surface area (Å²) in [6, 6.07) is 17.7. The molecule has 0 saturated carbocycles. The average Bonchev–Trinajstić information content (AvgIpc) is 2.89. The molecule has 0 bridgehead atoms. The van der Waals surface area contributed by atoms with Crippen molar-refractivity contribution in [3.05, 3.63) is 71.3 Å². The summed E-state index contributed by atoms with van der Waals surface area (Å²) in [4.78, 5) is 14.2. The standard InChI is InChI=1S/C27H33N3O4/c1-19(28-29-27(32)33-2)22(17-30-15-9-4-10-16-30)25(20-11-5-3-6-12-20)23-18-34-24-14-8-7-13-21(24)26(23)31/h3,5-8,11-14,22,25,31H,4,9-10,15-18H2,1-2H3,(H,29,32). The van der Waals surface area contributed by atoms with Crippen LogP contribution in [-0.2, 0) is 4.74 Å². The molecule has 2 heterocycles. The normalized spacial score (nSPS) is 18.5.